The molecule has 8 heteroatoms. The number of piperazine rings is 1. The summed E-state index contributed by atoms with van der Waals surface area (Å²) in [6, 6.07) is 13.2. The summed E-state index contributed by atoms with van der Waals surface area (Å²) in [5.74, 6) is -0.304. The minimum Gasteiger partial charge on any atom is -0.304 e. The topological polar surface area (TPSA) is 65.5 Å². The number of rotatable bonds is 7. The molecule has 6 nitrogen and oxygen atoms in total. The van der Waals surface area contributed by atoms with Crippen LogP contribution in [0, 0.1) is 5.82 Å². The predicted octanol–water partition coefficient (Wildman–Crippen LogP) is 2.51. The van der Waals surface area contributed by atoms with Gasteiger partial charge in [-0.05, 0) is 31.2 Å². The van der Waals surface area contributed by atoms with Crippen molar-refractivity contribution in [2.75, 3.05) is 39.8 Å². The normalized spacial score (nSPS) is 17.1. The highest BCUT2D eigenvalue weighted by Crippen LogP contribution is 2.22. The Morgan fingerprint density at radius 2 is 1.74 bits per heavy atom. The maximum absolute atomic E-state index is 13.4. The fraction of sp³-hybridized carbons (Fsp3) is 0.348. The molecule has 164 valence electrons. The van der Waals surface area contributed by atoms with Crippen molar-refractivity contribution >= 4 is 20.8 Å². The van der Waals surface area contributed by atoms with E-state index in [4.69, 9.17) is 0 Å². The van der Waals surface area contributed by atoms with Crippen LogP contribution in [0.2, 0.25) is 0 Å². The lowest BCUT2D eigenvalue weighted by molar-refractivity contribution is 0.145. The molecule has 1 fully saturated rings. The largest absolute Gasteiger partial charge is 0.304 e. The van der Waals surface area contributed by atoms with Crippen molar-refractivity contribution in [3.63, 3.8) is 0 Å². The van der Waals surface area contributed by atoms with E-state index in [0.29, 0.717) is 18.4 Å². The molecular formula is C23H27FN4O2S. The molecule has 0 aliphatic carbocycles. The molecule has 1 aromatic heterocycles. The van der Waals surface area contributed by atoms with E-state index in [0.717, 1.165) is 37.1 Å². The first-order valence-corrected chi connectivity index (χ1v) is 11.9. The number of nitrogens with zero attached hydrogens (tertiary/aromatic N) is 3. The summed E-state index contributed by atoms with van der Waals surface area (Å²) in [7, 11) is -1.71. The van der Waals surface area contributed by atoms with E-state index in [2.05, 4.69) is 26.6 Å². The van der Waals surface area contributed by atoms with Gasteiger partial charge in [-0.1, -0.05) is 36.4 Å². The summed E-state index contributed by atoms with van der Waals surface area (Å²) in [6.07, 6.45) is 3.54. The summed E-state index contributed by atoms with van der Waals surface area (Å²) in [5, 5.41) is 1.42. The van der Waals surface area contributed by atoms with Crippen molar-refractivity contribution in [1.82, 2.24) is 19.5 Å². The monoisotopic (exact) mass is 442 g/mol. The average molecular weight is 443 g/mol. The summed E-state index contributed by atoms with van der Waals surface area (Å²) in [5.41, 5.74) is 0.888. The SMILES string of the molecule is CN1CCN(C[C@@H](Cc2ccc(F)cc2)NS(=O)(=O)c2cncc3ccccc23)CC1. The Kier molecular flexibility index (Phi) is 6.62. The van der Waals surface area contributed by atoms with Crippen LogP contribution >= 0.6 is 0 Å². The molecular weight excluding hydrogens is 415 g/mol. The number of likely N-dealkylation sites (N-methyl/N-ethyl adjacent to an activating group) is 1. The van der Waals surface area contributed by atoms with Crippen molar-refractivity contribution in [3.8, 4) is 0 Å². The number of nitrogens with one attached hydrogen (secondary N) is 1. The lowest BCUT2D eigenvalue weighted by Crippen LogP contribution is -2.51. The van der Waals surface area contributed by atoms with Gasteiger partial charge in [0.15, 0.2) is 0 Å². The molecule has 0 radical (unpaired) electrons. The molecule has 2 heterocycles. The predicted molar refractivity (Wildman–Crippen MR) is 120 cm³/mol. The first kappa shape index (κ1) is 21.8. The van der Waals surface area contributed by atoms with Gasteiger partial charge in [0, 0.05) is 61.9 Å². The molecule has 4 rings (SSSR count). The van der Waals surface area contributed by atoms with Gasteiger partial charge < -0.3 is 4.90 Å². The van der Waals surface area contributed by atoms with Crippen molar-refractivity contribution in [3.05, 3.63) is 72.3 Å². The van der Waals surface area contributed by atoms with E-state index >= 15 is 0 Å². The van der Waals surface area contributed by atoms with Crippen LogP contribution in [0.15, 0.2) is 65.8 Å². The zero-order valence-corrected chi connectivity index (χ0v) is 18.4. The third kappa shape index (κ3) is 5.46. The number of aromatic nitrogens is 1. The van der Waals surface area contributed by atoms with Crippen molar-refractivity contribution in [2.45, 2.75) is 17.4 Å². The van der Waals surface area contributed by atoms with Crippen LogP contribution in [0.3, 0.4) is 0 Å². The van der Waals surface area contributed by atoms with E-state index in [-0.39, 0.29) is 16.8 Å². The standard InChI is InChI=1S/C23H27FN4O2S/c1-27-10-12-28(13-11-27)17-21(14-18-6-8-20(24)9-7-18)26-31(29,30)23-16-25-15-19-4-2-3-5-22(19)23/h2-9,15-16,21,26H,10-14,17H2,1H3/t21-/m1/s1. The molecule has 2 aromatic carbocycles. The van der Waals surface area contributed by atoms with Gasteiger partial charge in [0.05, 0.1) is 0 Å². The molecule has 1 aliphatic heterocycles. The van der Waals surface area contributed by atoms with Crippen LogP contribution in [-0.4, -0.2) is 69.0 Å². The Labute approximate surface area is 182 Å². The maximum atomic E-state index is 13.4. The fourth-order valence-electron chi connectivity index (χ4n) is 3.98. The number of halogens is 1. The number of hydrogen-bond acceptors (Lipinski definition) is 5. The Morgan fingerprint density at radius 3 is 2.48 bits per heavy atom. The molecule has 0 unspecified atom stereocenters. The highest BCUT2D eigenvalue weighted by atomic mass is 32.2. The van der Waals surface area contributed by atoms with E-state index in [1.54, 1.807) is 24.4 Å². The highest BCUT2D eigenvalue weighted by molar-refractivity contribution is 7.89. The van der Waals surface area contributed by atoms with E-state index in [1.807, 2.05) is 18.2 Å². The lowest BCUT2D eigenvalue weighted by Gasteiger charge is -2.34. The van der Waals surface area contributed by atoms with E-state index < -0.39 is 10.0 Å². The molecule has 0 spiro atoms. The molecule has 1 atom stereocenters. The summed E-state index contributed by atoms with van der Waals surface area (Å²) in [4.78, 5) is 8.84. The molecule has 1 saturated heterocycles. The lowest BCUT2D eigenvalue weighted by atomic mass is 10.1. The second kappa shape index (κ2) is 9.40. The Balaban J connectivity index is 1.59. The highest BCUT2D eigenvalue weighted by Gasteiger charge is 2.25. The number of pyridine rings is 1. The maximum Gasteiger partial charge on any atom is 0.243 e. The molecule has 3 aromatic rings. The van der Waals surface area contributed by atoms with Crippen molar-refractivity contribution in [2.24, 2.45) is 0 Å². The minimum absolute atomic E-state index is 0.174. The van der Waals surface area contributed by atoms with E-state index in [9.17, 15) is 12.8 Å². The van der Waals surface area contributed by atoms with Gasteiger partial charge in [-0.15, -0.1) is 0 Å². The van der Waals surface area contributed by atoms with E-state index in [1.165, 1.54) is 18.3 Å². The van der Waals surface area contributed by atoms with Crippen LogP contribution < -0.4 is 4.72 Å². The van der Waals surface area contributed by atoms with Crippen LogP contribution in [0.25, 0.3) is 10.8 Å². The third-order valence-electron chi connectivity index (χ3n) is 5.71. The van der Waals surface area contributed by atoms with Gasteiger partial charge in [0.1, 0.15) is 10.7 Å². The smallest absolute Gasteiger partial charge is 0.243 e. The average Bonchev–Trinajstić information content (AvgIpc) is 2.76. The van der Waals surface area contributed by atoms with Crippen molar-refractivity contribution in [1.29, 1.82) is 0 Å². The molecule has 1 aliphatic rings. The first-order valence-electron chi connectivity index (χ1n) is 10.4. The minimum atomic E-state index is -3.80. The Morgan fingerprint density at radius 1 is 1.03 bits per heavy atom. The number of benzene rings is 2. The molecule has 0 amide bonds. The quantitative estimate of drug-likeness (QED) is 0.609. The van der Waals surface area contributed by atoms with Gasteiger partial charge in [0.2, 0.25) is 10.0 Å². The van der Waals surface area contributed by atoms with Gasteiger partial charge in [-0.25, -0.2) is 17.5 Å². The van der Waals surface area contributed by atoms with Crippen LogP contribution in [0.1, 0.15) is 5.56 Å². The van der Waals surface area contributed by atoms with Crippen molar-refractivity contribution < 1.29 is 12.8 Å². The van der Waals surface area contributed by atoms with Crippen LogP contribution in [-0.2, 0) is 16.4 Å². The second-order valence-corrected chi connectivity index (χ2v) is 9.79. The summed E-state index contributed by atoms with van der Waals surface area (Å²) >= 11 is 0. The Bertz CT molecular complexity index is 1120. The van der Waals surface area contributed by atoms with Crippen LogP contribution in [0.4, 0.5) is 4.39 Å². The number of sulfonamides is 1. The molecule has 0 bridgehead atoms. The van der Waals surface area contributed by atoms with Gasteiger partial charge in [-0.3, -0.25) is 9.88 Å². The second-order valence-electron chi connectivity index (χ2n) is 8.11. The number of hydrogen-bond donors (Lipinski definition) is 1. The number of fused-ring (bicyclic) bond motifs is 1. The fourth-order valence-corrected chi connectivity index (χ4v) is 5.38. The molecule has 1 N–H and O–H groups in total. The van der Waals surface area contributed by atoms with Gasteiger partial charge >= 0.3 is 0 Å². The summed E-state index contributed by atoms with van der Waals surface area (Å²) in [6.45, 7) is 4.25. The third-order valence-corrected chi connectivity index (χ3v) is 7.26. The summed E-state index contributed by atoms with van der Waals surface area (Å²) < 4.78 is 43.0. The van der Waals surface area contributed by atoms with Gasteiger partial charge in [-0.2, -0.15) is 0 Å². The molecule has 0 saturated carbocycles. The molecule has 31 heavy (non-hydrogen) atoms. The van der Waals surface area contributed by atoms with Crippen LogP contribution in [0.5, 0.6) is 0 Å². The Hall–Kier alpha value is -2.39. The van der Waals surface area contributed by atoms with Gasteiger partial charge in [0.25, 0.3) is 0 Å². The first-order chi connectivity index (χ1) is 14.9. The zero-order chi connectivity index (χ0) is 21.8. The zero-order valence-electron chi connectivity index (χ0n) is 17.5.